The Balaban J connectivity index is 1.69. The number of benzene rings is 2. The predicted molar refractivity (Wildman–Crippen MR) is 105 cm³/mol. The van der Waals surface area contributed by atoms with Crippen LogP contribution in [0.25, 0.3) is 0 Å². The van der Waals surface area contributed by atoms with E-state index in [0.29, 0.717) is 15.0 Å². The van der Waals surface area contributed by atoms with Gasteiger partial charge >= 0.3 is 153 Å². The van der Waals surface area contributed by atoms with Gasteiger partial charge in [0, 0.05) is 0 Å². The fraction of sp³-hybridized carbons (Fsp3) is 0. The van der Waals surface area contributed by atoms with E-state index in [0.717, 1.165) is 0 Å². The van der Waals surface area contributed by atoms with Crippen molar-refractivity contribution in [3.8, 4) is 0 Å². The van der Waals surface area contributed by atoms with Gasteiger partial charge in [-0.3, -0.25) is 0 Å². The van der Waals surface area contributed by atoms with Crippen LogP contribution in [0.2, 0.25) is 0 Å². The third-order valence-electron chi connectivity index (χ3n) is 5.02. The second-order valence-corrected chi connectivity index (χ2v) is 8.59. The SMILES string of the molecule is c1ccc(N2c3cccc4c3B(n3cccc3[Se]4)n3cccc32)cc1. The van der Waals surface area contributed by atoms with Crippen LogP contribution >= 0.6 is 0 Å². The second-order valence-electron chi connectivity index (χ2n) is 6.36. The van der Waals surface area contributed by atoms with Crippen LogP contribution < -0.4 is 19.4 Å². The van der Waals surface area contributed by atoms with Crippen LogP contribution in [0, 0.1) is 0 Å². The zero-order valence-corrected chi connectivity index (χ0v) is 15.1. The molecule has 0 amide bonds. The summed E-state index contributed by atoms with van der Waals surface area (Å²) < 4.78 is 7.77. The summed E-state index contributed by atoms with van der Waals surface area (Å²) in [6.07, 6.45) is 4.43. The molecule has 5 heteroatoms. The summed E-state index contributed by atoms with van der Waals surface area (Å²) in [4.78, 5) is 2.39. The molecule has 2 aromatic carbocycles. The summed E-state index contributed by atoms with van der Waals surface area (Å²) in [5.74, 6) is 1.22. The van der Waals surface area contributed by atoms with Gasteiger partial charge in [0.1, 0.15) is 0 Å². The number of para-hydroxylation sites is 1. The van der Waals surface area contributed by atoms with Crippen LogP contribution in [-0.2, 0) is 0 Å². The van der Waals surface area contributed by atoms with Gasteiger partial charge in [-0.05, 0) is 0 Å². The van der Waals surface area contributed by atoms with Crippen molar-refractivity contribution in [1.29, 1.82) is 0 Å². The van der Waals surface area contributed by atoms with E-state index in [1.165, 1.54) is 31.7 Å². The van der Waals surface area contributed by atoms with Crippen molar-refractivity contribution < 1.29 is 0 Å². The topological polar surface area (TPSA) is 13.1 Å². The normalized spacial score (nSPS) is 14.1. The van der Waals surface area contributed by atoms with E-state index in [-0.39, 0.29) is 6.98 Å². The molecule has 0 saturated heterocycles. The number of hydrogen-bond acceptors (Lipinski definition) is 1. The molecule has 4 aromatic rings. The molecule has 0 N–H and O–H groups in total. The fourth-order valence-electron chi connectivity index (χ4n) is 4.02. The molecule has 0 spiro atoms. The maximum atomic E-state index is 2.44. The number of nitrogens with zero attached hydrogens (tertiary/aromatic N) is 3. The standard InChI is InChI=1S/C20H14BN3Se/c1-2-7-15(8-3-1)24-16-9-4-10-17-20(16)21(22-13-5-11-18(22)24)23-14-6-12-19(23)25-17/h1-14H. The van der Waals surface area contributed by atoms with E-state index in [9.17, 15) is 0 Å². The van der Waals surface area contributed by atoms with Crippen molar-refractivity contribution in [1.82, 2.24) is 8.96 Å². The third-order valence-corrected chi connectivity index (χ3v) is 7.40. The molecular weight excluding hydrogens is 372 g/mol. The van der Waals surface area contributed by atoms with Crippen LogP contribution in [0.15, 0.2) is 85.2 Å². The Labute approximate surface area is 152 Å². The van der Waals surface area contributed by atoms with Crippen LogP contribution in [0.5, 0.6) is 0 Å². The summed E-state index contributed by atoms with van der Waals surface area (Å²) in [6.45, 7) is 0.219. The molecule has 2 aromatic heterocycles. The average Bonchev–Trinajstić information content (AvgIpc) is 3.31. The van der Waals surface area contributed by atoms with E-state index in [2.05, 4.69) is 99.0 Å². The van der Waals surface area contributed by atoms with Gasteiger partial charge in [0.05, 0.1) is 0 Å². The molecule has 4 heterocycles. The zero-order valence-electron chi connectivity index (χ0n) is 13.4. The first-order chi connectivity index (χ1) is 12.4. The number of anilines is 3. The molecule has 2 aliphatic rings. The molecule has 2 aliphatic heterocycles. The van der Waals surface area contributed by atoms with Gasteiger partial charge < -0.3 is 0 Å². The van der Waals surface area contributed by atoms with Gasteiger partial charge in [-0.2, -0.15) is 0 Å². The summed E-state index contributed by atoms with van der Waals surface area (Å²) in [5.41, 5.74) is 3.96. The minimum absolute atomic E-state index is 0.219. The van der Waals surface area contributed by atoms with Gasteiger partial charge in [0.25, 0.3) is 0 Å². The Morgan fingerprint density at radius 1 is 0.720 bits per heavy atom. The summed E-state index contributed by atoms with van der Waals surface area (Å²) in [7, 11) is 0. The zero-order chi connectivity index (χ0) is 16.4. The van der Waals surface area contributed by atoms with Gasteiger partial charge in [-0.1, -0.05) is 0 Å². The van der Waals surface area contributed by atoms with Crippen molar-refractivity contribution in [2.24, 2.45) is 0 Å². The van der Waals surface area contributed by atoms with Crippen molar-refractivity contribution in [3.63, 3.8) is 0 Å². The average molecular weight is 386 g/mol. The summed E-state index contributed by atoms with van der Waals surface area (Å²) in [5, 5.41) is 0. The Kier molecular flexibility index (Phi) is 2.70. The second kappa shape index (κ2) is 4.95. The Hall–Kier alpha value is -2.62. The first-order valence-electron chi connectivity index (χ1n) is 8.41. The molecule has 0 unspecified atom stereocenters. The van der Waals surface area contributed by atoms with Crippen LogP contribution in [0.3, 0.4) is 0 Å². The molecular formula is C20H14BN3Se. The van der Waals surface area contributed by atoms with E-state index in [1.807, 2.05) is 0 Å². The van der Waals surface area contributed by atoms with Crippen molar-refractivity contribution in [3.05, 3.63) is 85.2 Å². The monoisotopic (exact) mass is 387 g/mol. The van der Waals surface area contributed by atoms with Gasteiger partial charge in [-0.15, -0.1) is 0 Å². The molecule has 0 fully saturated rings. The fourth-order valence-corrected chi connectivity index (χ4v) is 6.34. The quantitative estimate of drug-likeness (QED) is 0.393. The van der Waals surface area contributed by atoms with E-state index in [1.54, 1.807) is 0 Å². The molecule has 0 aliphatic carbocycles. The minimum atomic E-state index is 0.219. The maximum absolute atomic E-state index is 2.44. The van der Waals surface area contributed by atoms with Crippen molar-refractivity contribution >= 4 is 53.6 Å². The summed E-state index contributed by atoms with van der Waals surface area (Å²) in [6, 6.07) is 26.3. The molecule has 6 rings (SSSR count). The Morgan fingerprint density at radius 3 is 2.48 bits per heavy atom. The number of rotatable bonds is 1. The molecule has 3 nitrogen and oxygen atoms in total. The third kappa shape index (κ3) is 1.77. The van der Waals surface area contributed by atoms with E-state index < -0.39 is 0 Å². The number of hydrogen-bond donors (Lipinski definition) is 0. The predicted octanol–water partition coefficient (Wildman–Crippen LogP) is 1.83. The first kappa shape index (κ1) is 13.7. The van der Waals surface area contributed by atoms with Crippen LogP contribution in [0.1, 0.15) is 0 Å². The van der Waals surface area contributed by atoms with Crippen LogP contribution in [0.4, 0.5) is 17.2 Å². The molecule has 118 valence electrons. The number of fused-ring (bicyclic) bond motifs is 4. The molecule has 0 radical (unpaired) electrons. The Bertz CT molecular complexity index is 1100. The molecule has 0 bridgehead atoms. The summed E-state index contributed by atoms with van der Waals surface area (Å²) >= 11 is 0.346. The van der Waals surface area contributed by atoms with E-state index >= 15 is 0 Å². The molecule has 25 heavy (non-hydrogen) atoms. The van der Waals surface area contributed by atoms with E-state index in [4.69, 9.17) is 0 Å². The number of aromatic nitrogens is 2. The Morgan fingerprint density at radius 2 is 1.56 bits per heavy atom. The first-order valence-corrected chi connectivity index (χ1v) is 10.1. The van der Waals surface area contributed by atoms with Crippen molar-refractivity contribution in [2.75, 3.05) is 4.90 Å². The molecule has 0 saturated carbocycles. The molecule has 0 atom stereocenters. The van der Waals surface area contributed by atoms with Gasteiger partial charge in [-0.25, -0.2) is 0 Å². The van der Waals surface area contributed by atoms with Crippen molar-refractivity contribution in [2.45, 2.75) is 0 Å². The van der Waals surface area contributed by atoms with Gasteiger partial charge in [0.15, 0.2) is 0 Å². The van der Waals surface area contributed by atoms with Crippen LogP contribution in [-0.4, -0.2) is 30.9 Å². The van der Waals surface area contributed by atoms with Gasteiger partial charge in [0.2, 0.25) is 0 Å².